The van der Waals surface area contributed by atoms with E-state index in [1.165, 1.54) is 11.3 Å². The zero-order valence-electron chi connectivity index (χ0n) is 22.0. The van der Waals surface area contributed by atoms with Crippen LogP contribution in [0.5, 0.6) is 5.75 Å². The van der Waals surface area contributed by atoms with Crippen LogP contribution in [0.4, 0.5) is 21.9 Å². The second-order valence-corrected chi connectivity index (χ2v) is 11.2. The molecule has 39 heavy (non-hydrogen) atoms. The van der Waals surface area contributed by atoms with E-state index in [0.29, 0.717) is 47.4 Å². The van der Waals surface area contributed by atoms with Crippen LogP contribution in [0.15, 0.2) is 30.5 Å². The molecule has 2 saturated heterocycles. The molecule has 3 aliphatic heterocycles. The van der Waals surface area contributed by atoms with Crippen molar-refractivity contribution in [3.63, 3.8) is 0 Å². The van der Waals surface area contributed by atoms with Crippen molar-refractivity contribution in [2.24, 2.45) is 0 Å². The summed E-state index contributed by atoms with van der Waals surface area (Å²) in [5.41, 5.74) is 2.78. The molecule has 3 aromatic rings. The van der Waals surface area contributed by atoms with Crippen molar-refractivity contribution >= 4 is 56.5 Å². The van der Waals surface area contributed by atoms with E-state index in [9.17, 15) is 14.4 Å². The number of carbonyl (C=O) groups is 3. The topological polar surface area (TPSA) is 113 Å². The average Bonchev–Trinajstić information content (AvgIpc) is 3.30. The molecule has 11 heteroatoms. The van der Waals surface area contributed by atoms with Crippen LogP contribution in [0.1, 0.15) is 47.8 Å². The molecular formula is C28H31N5O5S. The molecule has 0 saturated carbocycles. The average molecular weight is 550 g/mol. The van der Waals surface area contributed by atoms with Gasteiger partial charge in [-0.15, -0.1) is 11.3 Å². The molecule has 6 rings (SSSR count). The summed E-state index contributed by atoms with van der Waals surface area (Å²) in [6.45, 7) is 6.09. The maximum Gasteiger partial charge on any atom is 0.331 e. The van der Waals surface area contributed by atoms with Crippen molar-refractivity contribution in [2.75, 3.05) is 36.5 Å². The third-order valence-electron chi connectivity index (χ3n) is 7.53. The Morgan fingerprint density at radius 3 is 2.77 bits per heavy atom. The predicted molar refractivity (Wildman–Crippen MR) is 149 cm³/mol. The third kappa shape index (κ3) is 4.92. The van der Waals surface area contributed by atoms with Gasteiger partial charge in [-0.1, -0.05) is 0 Å². The number of hydrogen-bond acceptors (Lipinski definition) is 7. The zero-order chi connectivity index (χ0) is 27.1. The number of thiophene rings is 1. The van der Waals surface area contributed by atoms with E-state index in [0.717, 1.165) is 48.1 Å². The molecule has 0 radical (unpaired) electrons. The minimum Gasteiger partial charge on any atom is -0.490 e. The summed E-state index contributed by atoms with van der Waals surface area (Å²) in [5, 5.41) is 6.77. The van der Waals surface area contributed by atoms with Crippen molar-refractivity contribution in [2.45, 2.75) is 51.7 Å². The van der Waals surface area contributed by atoms with Crippen LogP contribution >= 0.6 is 11.3 Å². The highest BCUT2D eigenvalue weighted by molar-refractivity contribution is 7.21. The molecule has 1 aromatic carbocycles. The maximum atomic E-state index is 13.5. The third-order valence-corrected chi connectivity index (χ3v) is 8.63. The van der Waals surface area contributed by atoms with E-state index >= 15 is 0 Å². The number of urea groups is 1. The van der Waals surface area contributed by atoms with E-state index in [1.54, 1.807) is 29.0 Å². The van der Waals surface area contributed by atoms with Gasteiger partial charge in [0.2, 0.25) is 5.91 Å². The number of likely N-dealkylation sites (tertiary alicyclic amines) is 1. The van der Waals surface area contributed by atoms with E-state index in [2.05, 4.69) is 15.6 Å². The van der Waals surface area contributed by atoms with Crippen LogP contribution in [0.3, 0.4) is 0 Å². The first-order valence-electron chi connectivity index (χ1n) is 13.3. The summed E-state index contributed by atoms with van der Waals surface area (Å²) in [5.74, 6) is 0.501. The minimum absolute atomic E-state index is 0.00516. The Bertz CT molecular complexity index is 1450. The molecule has 2 N–H and O–H groups in total. The molecule has 1 atom stereocenters. The van der Waals surface area contributed by atoms with Gasteiger partial charge in [0.25, 0.3) is 5.91 Å². The smallest absolute Gasteiger partial charge is 0.331 e. The van der Waals surface area contributed by atoms with E-state index in [1.807, 2.05) is 25.1 Å². The Morgan fingerprint density at radius 2 is 2.00 bits per heavy atom. The number of anilines is 3. The van der Waals surface area contributed by atoms with Crippen molar-refractivity contribution in [1.29, 1.82) is 0 Å². The van der Waals surface area contributed by atoms with Crippen LogP contribution < -0.4 is 20.3 Å². The number of amides is 4. The van der Waals surface area contributed by atoms with E-state index in [-0.39, 0.29) is 30.0 Å². The van der Waals surface area contributed by atoms with Gasteiger partial charge in [-0.05, 0) is 49.6 Å². The number of rotatable bonds is 5. The quantitative estimate of drug-likeness (QED) is 0.482. The molecule has 5 heterocycles. The fourth-order valence-electron chi connectivity index (χ4n) is 5.55. The summed E-state index contributed by atoms with van der Waals surface area (Å²) in [7, 11) is 0. The Kier molecular flexibility index (Phi) is 6.86. The fraction of sp³-hybridized carbons (Fsp3) is 0.429. The molecule has 3 aliphatic rings. The Hall–Kier alpha value is -3.70. The van der Waals surface area contributed by atoms with Gasteiger partial charge in [0.05, 0.1) is 35.7 Å². The maximum absolute atomic E-state index is 13.5. The van der Waals surface area contributed by atoms with Gasteiger partial charge >= 0.3 is 6.03 Å². The number of nitrogens with one attached hydrogen (secondary N) is 2. The summed E-state index contributed by atoms with van der Waals surface area (Å²) in [6.07, 6.45) is 5.13. The molecule has 2 fully saturated rings. The lowest BCUT2D eigenvalue weighted by Gasteiger charge is -2.32. The number of aromatic nitrogens is 1. The first kappa shape index (κ1) is 25.6. The summed E-state index contributed by atoms with van der Waals surface area (Å²) in [6, 6.07) is 7.05. The van der Waals surface area contributed by atoms with Crippen molar-refractivity contribution in [3.05, 3.63) is 40.9 Å². The molecule has 4 amide bonds. The predicted octanol–water partition coefficient (Wildman–Crippen LogP) is 4.59. The van der Waals surface area contributed by atoms with Gasteiger partial charge in [0, 0.05) is 45.1 Å². The Balaban J connectivity index is 1.28. The fourth-order valence-corrected chi connectivity index (χ4v) is 6.58. The highest BCUT2D eigenvalue weighted by Crippen LogP contribution is 2.46. The second kappa shape index (κ2) is 10.5. The molecule has 0 unspecified atom stereocenters. The standard InChI is InChI=1S/C28H31N5O5S/c1-16-14-20(38-19-8-12-37-13-9-19)5-6-21(16)33-22-7-10-29-27-23(22)24(31-28(33)36)25(39-27)26(35)30-18-4-3-11-32(15-18)17(2)34/h5-7,10,14,18-19H,3-4,8-9,11-13,15H2,1-2H3,(H,30,35)(H,31,36)/t18-/m1/s1. The van der Waals surface area contributed by atoms with Gasteiger partial charge in [-0.25, -0.2) is 9.78 Å². The molecular weight excluding hydrogens is 518 g/mol. The van der Waals surface area contributed by atoms with Crippen LogP contribution in [0.25, 0.3) is 10.2 Å². The Morgan fingerprint density at radius 1 is 1.18 bits per heavy atom. The molecule has 10 nitrogen and oxygen atoms in total. The van der Waals surface area contributed by atoms with Crippen LogP contribution in [-0.2, 0) is 9.53 Å². The molecule has 204 valence electrons. The van der Waals surface area contributed by atoms with Crippen LogP contribution in [0.2, 0.25) is 0 Å². The van der Waals surface area contributed by atoms with Gasteiger partial charge in [-0.2, -0.15) is 0 Å². The summed E-state index contributed by atoms with van der Waals surface area (Å²) >= 11 is 1.26. The monoisotopic (exact) mass is 549 g/mol. The largest absolute Gasteiger partial charge is 0.490 e. The van der Waals surface area contributed by atoms with Gasteiger partial charge < -0.3 is 25.0 Å². The number of pyridine rings is 1. The van der Waals surface area contributed by atoms with Gasteiger partial charge in [-0.3, -0.25) is 14.5 Å². The van der Waals surface area contributed by atoms with Crippen molar-refractivity contribution < 1.29 is 23.9 Å². The highest BCUT2D eigenvalue weighted by atomic mass is 32.1. The molecule has 2 aromatic heterocycles. The lowest BCUT2D eigenvalue weighted by Crippen LogP contribution is -2.49. The number of nitrogens with zero attached hydrogens (tertiary/aromatic N) is 3. The van der Waals surface area contributed by atoms with Crippen LogP contribution in [-0.4, -0.2) is 66.2 Å². The minimum atomic E-state index is -0.343. The highest BCUT2D eigenvalue weighted by Gasteiger charge is 2.34. The zero-order valence-corrected chi connectivity index (χ0v) is 22.8. The normalized spacial score (nSPS) is 19.6. The lowest BCUT2D eigenvalue weighted by atomic mass is 10.1. The Labute approximate surface area is 230 Å². The van der Waals surface area contributed by atoms with Crippen LogP contribution in [0, 0.1) is 6.92 Å². The number of piperidine rings is 1. The lowest BCUT2D eigenvalue weighted by molar-refractivity contribution is -0.130. The van der Waals surface area contributed by atoms with E-state index < -0.39 is 0 Å². The molecule has 0 spiro atoms. The van der Waals surface area contributed by atoms with Crippen molar-refractivity contribution in [3.8, 4) is 5.75 Å². The summed E-state index contributed by atoms with van der Waals surface area (Å²) in [4.78, 5) is 47.7. The van der Waals surface area contributed by atoms with Gasteiger partial charge in [0.15, 0.2) is 0 Å². The number of ether oxygens (including phenoxy) is 2. The number of carbonyl (C=O) groups excluding carboxylic acids is 3. The van der Waals surface area contributed by atoms with Gasteiger partial charge in [0.1, 0.15) is 21.6 Å². The number of aryl methyl sites for hydroxylation is 1. The SMILES string of the molecule is CC(=O)N1CCC[C@@H](NC(=O)c2sc3nccc4c3c2NC(=O)N4c2ccc(OC3CCOCC3)cc2C)C1. The van der Waals surface area contributed by atoms with Crippen molar-refractivity contribution in [1.82, 2.24) is 15.2 Å². The van der Waals surface area contributed by atoms with E-state index in [4.69, 9.17) is 9.47 Å². The first-order valence-corrected chi connectivity index (χ1v) is 14.1. The summed E-state index contributed by atoms with van der Waals surface area (Å²) < 4.78 is 11.6. The number of hydrogen-bond donors (Lipinski definition) is 2. The molecule has 0 bridgehead atoms. The number of benzene rings is 1. The second-order valence-electron chi connectivity index (χ2n) is 10.2. The first-order chi connectivity index (χ1) is 18.9. The molecule has 0 aliphatic carbocycles.